The SMILES string of the molecule is COc1ccc(/C=N/N2CCCC2C(=O)O)cc1OCC(C)C. The zero-order chi connectivity index (χ0) is 16.8. The van der Waals surface area contributed by atoms with Crippen LogP contribution in [0.2, 0.25) is 0 Å². The molecule has 0 spiro atoms. The number of hydrogen-bond acceptors (Lipinski definition) is 5. The van der Waals surface area contributed by atoms with Gasteiger partial charge in [0.1, 0.15) is 6.04 Å². The Bertz CT molecular complexity index is 572. The van der Waals surface area contributed by atoms with Crippen LogP contribution in [0.3, 0.4) is 0 Å². The van der Waals surface area contributed by atoms with E-state index in [-0.39, 0.29) is 0 Å². The molecule has 0 radical (unpaired) electrons. The van der Waals surface area contributed by atoms with Gasteiger partial charge in [-0.15, -0.1) is 0 Å². The number of aliphatic carboxylic acids is 1. The van der Waals surface area contributed by atoms with Crippen LogP contribution >= 0.6 is 0 Å². The first-order valence-electron chi connectivity index (χ1n) is 7.85. The lowest BCUT2D eigenvalue weighted by Crippen LogP contribution is -2.31. The summed E-state index contributed by atoms with van der Waals surface area (Å²) in [5, 5.41) is 15.1. The Morgan fingerprint density at radius 3 is 2.91 bits per heavy atom. The molecule has 0 saturated carbocycles. The molecule has 0 aromatic heterocycles. The molecule has 1 N–H and O–H groups in total. The van der Waals surface area contributed by atoms with Gasteiger partial charge in [-0.2, -0.15) is 5.10 Å². The van der Waals surface area contributed by atoms with E-state index in [4.69, 9.17) is 14.6 Å². The molecule has 6 nitrogen and oxygen atoms in total. The summed E-state index contributed by atoms with van der Waals surface area (Å²) in [6, 6.07) is 5.03. The summed E-state index contributed by atoms with van der Waals surface area (Å²) in [4.78, 5) is 11.2. The highest BCUT2D eigenvalue weighted by atomic mass is 16.5. The Kier molecular flexibility index (Phi) is 5.84. The molecule has 2 rings (SSSR count). The maximum absolute atomic E-state index is 11.2. The highest BCUT2D eigenvalue weighted by Gasteiger charge is 2.29. The van der Waals surface area contributed by atoms with E-state index in [9.17, 15) is 4.79 Å². The van der Waals surface area contributed by atoms with Crippen molar-refractivity contribution in [1.29, 1.82) is 0 Å². The van der Waals surface area contributed by atoms with Gasteiger partial charge in [0.25, 0.3) is 0 Å². The fourth-order valence-corrected chi connectivity index (χ4v) is 2.42. The smallest absolute Gasteiger partial charge is 0.328 e. The topological polar surface area (TPSA) is 71.4 Å². The maximum Gasteiger partial charge on any atom is 0.328 e. The summed E-state index contributed by atoms with van der Waals surface area (Å²) in [7, 11) is 1.60. The fourth-order valence-electron chi connectivity index (χ4n) is 2.42. The van der Waals surface area contributed by atoms with Gasteiger partial charge in [0, 0.05) is 6.54 Å². The first kappa shape index (κ1) is 17.1. The van der Waals surface area contributed by atoms with Gasteiger partial charge in [-0.25, -0.2) is 4.79 Å². The van der Waals surface area contributed by atoms with Gasteiger partial charge in [0.05, 0.1) is 19.9 Å². The standard InChI is InChI=1S/C17H24N2O4/c1-12(2)11-23-16-9-13(6-7-15(16)22-3)10-18-19-8-4-5-14(19)17(20)21/h6-7,9-10,12,14H,4-5,8,11H2,1-3H3,(H,20,21)/b18-10+. The normalized spacial score (nSPS) is 17.9. The first-order chi connectivity index (χ1) is 11.0. The summed E-state index contributed by atoms with van der Waals surface area (Å²) < 4.78 is 11.1. The van der Waals surface area contributed by atoms with Crippen LogP contribution in [0, 0.1) is 5.92 Å². The van der Waals surface area contributed by atoms with Crippen LogP contribution in [0.4, 0.5) is 0 Å². The molecule has 6 heteroatoms. The molecule has 1 aliphatic rings. The number of carboxylic acid groups (broad SMARTS) is 1. The van der Waals surface area contributed by atoms with Gasteiger partial charge in [0.15, 0.2) is 11.5 Å². The van der Waals surface area contributed by atoms with Gasteiger partial charge in [-0.1, -0.05) is 13.8 Å². The number of ether oxygens (including phenoxy) is 2. The molecule has 1 aromatic carbocycles. The molecular weight excluding hydrogens is 296 g/mol. The van der Waals surface area contributed by atoms with Crippen LogP contribution in [-0.4, -0.2) is 48.6 Å². The van der Waals surface area contributed by atoms with Crippen LogP contribution < -0.4 is 9.47 Å². The van der Waals surface area contributed by atoms with Crippen molar-refractivity contribution in [3.63, 3.8) is 0 Å². The Morgan fingerprint density at radius 1 is 1.48 bits per heavy atom. The van der Waals surface area contributed by atoms with Crippen molar-refractivity contribution in [2.24, 2.45) is 11.0 Å². The number of hydrogen-bond donors (Lipinski definition) is 1. The molecule has 0 amide bonds. The van der Waals surface area contributed by atoms with Crippen molar-refractivity contribution in [2.75, 3.05) is 20.3 Å². The molecule has 1 atom stereocenters. The van der Waals surface area contributed by atoms with Crippen LogP contribution in [-0.2, 0) is 4.79 Å². The van der Waals surface area contributed by atoms with Crippen molar-refractivity contribution < 1.29 is 19.4 Å². The zero-order valence-electron chi connectivity index (χ0n) is 13.9. The number of carboxylic acids is 1. The maximum atomic E-state index is 11.2. The molecular formula is C17H24N2O4. The Hall–Kier alpha value is -2.24. The van der Waals surface area contributed by atoms with Crippen molar-refractivity contribution in [2.45, 2.75) is 32.7 Å². The molecule has 0 bridgehead atoms. The molecule has 23 heavy (non-hydrogen) atoms. The van der Waals surface area contributed by atoms with E-state index in [1.54, 1.807) is 18.3 Å². The highest BCUT2D eigenvalue weighted by Crippen LogP contribution is 2.28. The third kappa shape index (κ3) is 4.61. The van der Waals surface area contributed by atoms with E-state index >= 15 is 0 Å². The van der Waals surface area contributed by atoms with E-state index in [0.717, 1.165) is 12.0 Å². The number of nitrogens with zero attached hydrogens (tertiary/aromatic N) is 2. The summed E-state index contributed by atoms with van der Waals surface area (Å²) in [6.45, 7) is 5.43. The molecule has 0 aliphatic carbocycles. The lowest BCUT2D eigenvalue weighted by Gasteiger charge is -2.17. The highest BCUT2D eigenvalue weighted by molar-refractivity contribution is 5.81. The average Bonchev–Trinajstić information content (AvgIpc) is 2.99. The van der Waals surface area contributed by atoms with Crippen molar-refractivity contribution in [1.82, 2.24) is 5.01 Å². The van der Waals surface area contributed by atoms with E-state index in [1.807, 2.05) is 18.2 Å². The third-order valence-electron chi connectivity index (χ3n) is 3.62. The van der Waals surface area contributed by atoms with Crippen molar-refractivity contribution >= 4 is 12.2 Å². The Morgan fingerprint density at radius 2 is 2.26 bits per heavy atom. The number of rotatable bonds is 7. The monoisotopic (exact) mass is 320 g/mol. The van der Waals surface area contributed by atoms with E-state index in [2.05, 4.69) is 18.9 Å². The van der Waals surface area contributed by atoms with Crippen LogP contribution in [0.25, 0.3) is 0 Å². The minimum absolute atomic E-state index is 0.415. The van der Waals surface area contributed by atoms with Gasteiger partial charge in [-0.3, -0.25) is 5.01 Å². The largest absolute Gasteiger partial charge is 0.493 e. The van der Waals surface area contributed by atoms with Crippen LogP contribution in [0.5, 0.6) is 11.5 Å². The molecule has 126 valence electrons. The number of benzene rings is 1. The number of carbonyl (C=O) groups is 1. The van der Waals surface area contributed by atoms with Gasteiger partial charge >= 0.3 is 5.97 Å². The summed E-state index contributed by atoms with van der Waals surface area (Å²) >= 11 is 0. The second-order valence-corrected chi connectivity index (χ2v) is 6.02. The second kappa shape index (κ2) is 7.85. The lowest BCUT2D eigenvalue weighted by atomic mass is 10.2. The van der Waals surface area contributed by atoms with Gasteiger partial charge in [-0.05, 0) is 42.5 Å². The Balaban J connectivity index is 2.11. The molecule has 1 heterocycles. The van der Waals surface area contributed by atoms with E-state index in [1.165, 1.54) is 0 Å². The van der Waals surface area contributed by atoms with Gasteiger partial charge < -0.3 is 14.6 Å². The number of hydrazone groups is 1. The zero-order valence-corrected chi connectivity index (χ0v) is 13.9. The lowest BCUT2D eigenvalue weighted by molar-refractivity contribution is -0.142. The second-order valence-electron chi connectivity index (χ2n) is 6.02. The van der Waals surface area contributed by atoms with Gasteiger partial charge in [0.2, 0.25) is 0 Å². The molecule has 1 aromatic rings. The minimum atomic E-state index is -0.824. The molecule has 1 fully saturated rings. The Labute approximate surface area is 136 Å². The van der Waals surface area contributed by atoms with E-state index < -0.39 is 12.0 Å². The van der Waals surface area contributed by atoms with Crippen molar-refractivity contribution in [3.05, 3.63) is 23.8 Å². The predicted molar refractivity (Wildman–Crippen MR) is 88.3 cm³/mol. The number of methoxy groups -OCH3 is 1. The minimum Gasteiger partial charge on any atom is -0.493 e. The van der Waals surface area contributed by atoms with Crippen molar-refractivity contribution in [3.8, 4) is 11.5 Å². The predicted octanol–water partition coefficient (Wildman–Crippen LogP) is 2.61. The average molecular weight is 320 g/mol. The quantitative estimate of drug-likeness (QED) is 0.782. The fraction of sp³-hybridized carbons (Fsp3) is 0.529. The summed E-state index contributed by atoms with van der Waals surface area (Å²) in [5.41, 5.74) is 0.848. The van der Waals surface area contributed by atoms with Crippen LogP contribution in [0.1, 0.15) is 32.3 Å². The summed E-state index contributed by atoms with van der Waals surface area (Å²) in [6.07, 6.45) is 3.15. The molecule has 1 unspecified atom stereocenters. The third-order valence-corrected chi connectivity index (χ3v) is 3.62. The summed E-state index contributed by atoms with van der Waals surface area (Å²) in [5.74, 6) is 0.932. The van der Waals surface area contributed by atoms with Crippen LogP contribution in [0.15, 0.2) is 23.3 Å². The molecule has 1 saturated heterocycles. The van der Waals surface area contributed by atoms with E-state index in [0.29, 0.717) is 37.0 Å². The first-order valence-corrected chi connectivity index (χ1v) is 7.85. The molecule has 1 aliphatic heterocycles.